The number of hydrogen-bond donors (Lipinski definition) is 4. The van der Waals surface area contributed by atoms with Gasteiger partial charge in [0.05, 0.1) is 11.0 Å². The Morgan fingerprint density at radius 2 is 0.491 bits per heavy atom. The molecule has 0 unspecified atom stereocenters. The first kappa shape index (κ1) is 73.4. The van der Waals surface area contributed by atoms with Crippen LogP contribution in [0.3, 0.4) is 0 Å². The first-order valence-electron chi connectivity index (χ1n) is 37.9. The lowest BCUT2D eigenvalue weighted by molar-refractivity contribution is 0.0957. The number of para-hydroxylation sites is 2. The van der Waals surface area contributed by atoms with Crippen LogP contribution in [0.5, 0.6) is 0 Å². The minimum absolute atomic E-state index is 0.00150. The molecule has 0 spiro atoms. The Bertz CT molecular complexity index is 5690. The number of benzene rings is 8. The van der Waals surface area contributed by atoms with Crippen molar-refractivity contribution < 1.29 is 9.59 Å². The van der Waals surface area contributed by atoms with E-state index < -0.39 is 11.8 Å². The molecule has 8 bridgehead atoms. The van der Waals surface area contributed by atoms with Gasteiger partial charge < -0.3 is 20.6 Å². The molecule has 7 heterocycles. The topological polar surface area (TPSA) is 193 Å². The van der Waals surface area contributed by atoms with Gasteiger partial charge in [-0.1, -0.05) is 319 Å². The monoisotopic (exact) mass is 1450 g/mol. The largest absolute Gasteiger partial charge is 0.324 e. The van der Waals surface area contributed by atoms with E-state index >= 15 is 9.59 Å². The number of carbonyl (C=O) groups is 2. The van der Waals surface area contributed by atoms with E-state index in [0.717, 1.165) is 88.7 Å². The van der Waals surface area contributed by atoms with Crippen molar-refractivity contribution in [3.63, 3.8) is 0 Å². The molecule has 8 aromatic carbocycles. The molecule has 110 heavy (non-hydrogen) atoms. The third kappa shape index (κ3) is 14.5. The fourth-order valence-electron chi connectivity index (χ4n) is 14.4. The highest BCUT2D eigenvalue weighted by molar-refractivity contribution is 6.10. The van der Waals surface area contributed by atoms with Crippen LogP contribution >= 0.6 is 0 Å². The molecule has 2 amide bonds. The highest BCUT2D eigenvalue weighted by atomic mass is 16.2. The molecule has 2 aliphatic heterocycles. The number of fused-ring (bicyclic) bond motifs is 10. The summed E-state index contributed by atoms with van der Waals surface area (Å²) in [6, 6.07) is 74.4. The van der Waals surface area contributed by atoms with Crippen LogP contribution in [0.2, 0.25) is 0 Å². The van der Waals surface area contributed by atoms with Gasteiger partial charge in [-0.25, -0.2) is 39.9 Å². The van der Waals surface area contributed by atoms with Crippen molar-refractivity contribution in [2.75, 3.05) is 0 Å². The number of pyridine rings is 2. The molecule has 5 aromatic heterocycles. The standard InChI is InChI=1S/C96H94N12O2/c1-91(2,3)63-41-27-57(28-42-63)73-74(58-29-43-64(44-30-58)92(4,5)6)82-101-81(73)102-83-75(59-31-45-65(46-32-59)93(7,8)9)77(61-35-49-67(50-36-61)95(13,14)15)85(104-83)106-87-79(99-89(109)71-53-39-55-23-19-21-25-69(55)97-71)80(100-90(110)72-54-40-56-24-20-22-26-70(56)98-72)88(108-87)107-86-78(62-37-51-68(52-38-62)96(16,17)18)76(84(103-82)105-86)60-33-47-66(48-34-60)94(10,11)12/h19-54H,1-18H3,(H,99,109)(H,100,110)(H2,101,102,103,104,105,106,107,108). The molecule has 0 atom stereocenters. The summed E-state index contributed by atoms with van der Waals surface area (Å²) in [5, 5.41) is 8.20. The maximum atomic E-state index is 15.6. The van der Waals surface area contributed by atoms with Crippen LogP contribution in [-0.2, 0) is 32.5 Å². The Hall–Kier alpha value is -12.2. The fourth-order valence-corrected chi connectivity index (χ4v) is 14.4. The second kappa shape index (κ2) is 27.5. The molecule has 13 aromatic rings. The highest BCUT2D eigenvalue weighted by Gasteiger charge is 2.34. The van der Waals surface area contributed by atoms with E-state index in [1.807, 2.05) is 60.7 Å². The molecule has 0 saturated carbocycles. The number of hydrogen-bond acceptors (Lipinski definition) is 10. The van der Waals surface area contributed by atoms with Gasteiger partial charge in [0, 0.05) is 44.2 Å². The number of amides is 2. The first-order valence-corrected chi connectivity index (χ1v) is 37.9. The van der Waals surface area contributed by atoms with Crippen LogP contribution in [0.15, 0.2) is 218 Å². The zero-order chi connectivity index (χ0) is 77.7. The average molecular weight is 1450 g/mol. The van der Waals surface area contributed by atoms with Gasteiger partial charge in [-0.2, -0.15) is 0 Å². The van der Waals surface area contributed by atoms with Crippen molar-refractivity contribution in [1.29, 1.82) is 0 Å². The Labute approximate surface area is 644 Å². The second-order valence-corrected chi connectivity index (χ2v) is 35.3. The Morgan fingerprint density at radius 3 is 0.755 bits per heavy atom. The van der Waals surface area contributed by atoms with Crippen molar-refractivity contribution in [3.8, 4) is 44.5 Å². The van der Waals surface area contributed by atoms with Crippen molar-refractivity contribution in [3.05, 3.63) is 298 Å². The summed E-state index contributed by atoms with van der Waals surface area (Å²) in [7, 11) is 0. The lowest BCUT2D eigenvalue weighted by atomic mass is 9.84. The molecule has 0 radical (unpaired) electrons. The van der Waals surface area contributed by atoms with Crippen molar-refractivity contribution in [1.82, 2.24) is 60.5 Å². The van der Waals surface area contributed by atoms with Gasteiger partial charge in [-0.3, -0.25) is 9.59 Å². The number of H-pyrrole nitrogens is 2. The molecule has 15 rings (SSSR count). The molecule has 0 saturated heterocycles. The molecule has 4 N–H and O–H groups in total. The van der Waals surface area contributed by atoms with Crippen molar-refractivity contribution in [2.45, 2.75) is 157 Å². The van der Waals surface area contributed by atoms with Gasteiger partial charge in [0.1, 0.15) is 45.4 Å². The van der Waals surface area contributed by atoms with Crippen LogP contribution in [0.25, 0.3) is 111 Å². The van der Waals surface area contributed by atoms with Gasteiger partial charge in [-0.15, -0.1) is 0 Å². The second-order valence-electron chi connectivity index (χ2n) is 35.3. The zero-order valence-electron chi connectivity index (χ0n) is 66.2. The summed E-state index contributed by atoms with van der Waals surface area (Å²) in [4.78, 5) is 83.2. The molecular weight excluding hydrogens is 1350 g/mol. The molecular formula is C96H94N12O2. The summed E-state index contributed by atoms with van der Waals surface area (Å²) < 4.78 is 0. The van der Waals surface area contributed by atoms with E-state index in [1.165, 1.54) is 11.1 Å². The van der Waals surface area contributed by atoms with Crippen LogP contribution < -0.4 is 10.6 Å². The quantitative estimate of drug-likeness (QED) is 0.102. The predicted molar refractivity (Wildman–Crippen MR) is 449 cm³/mol. The molecule has 0 fully saturated rings. The molecule has 550 valence electrons. The van der Waals surface area contributed by atoms with Crippen LogP contribution in [-0.4, -0.2) is 61.7 Å². The number of nitrogens with zero attached hydrogens (tertiary/aromatic N) is 8. The minimum atomic E-state index is -0.595. The molecule has 0 aliphatic carbocycles. The maximum absolute atomic E-state index is 15.6. The maximum Gasteiger partial charge on any atom is 0.274 e. The van der Waals surface area contributed by atoms with Gasteiger partial charge in [0.2, 0.25) is 0 Å². The van der Waals surface area contributed by atoms with Crippen LogP contribution in [0.1, 0.15) is 213 Å². The van der Waals surface area contributed by atoms with Gasteiger partial charge in [-0.05, 0) is 124 Å². The summed E-state index contributed by atoms with van der Waals surface area (Å²) in [5.74, 6) is -0.397. The van der Waals surface area contributed by atoms with Gasteiger partial charge >= 0.3 is 0 Å². The van der Waals surface area contributed by atoms with Crippen LogP contribution in [0.4, 0.5) is 0 Å². The predicted octanol–water partition coefficient (Wildman–Crippen LogP) is 22.1. The van der Waals surface area contributed by atoms with E-state index in [4.69, 9.17) is 39.9 Å². The summed E-state index contributed by atoms with van der Waals surface area (Å²) in [6.45, 7) is 39.8. The average Bonchev–Trinajstić information content (AvgIpc) is 1.58. The minimum Gasteiger partial charge on any atom is -0.324 e. The van der Waals surface area contributed by atoms with Crippen molar-refractivity contribution >= 4 is 78.7 Å². The molecule has 14 heteroatoms. The van der Waals surface area contributed by atoms with E-state index in [0.29, 0.717) is 56.4 Å². The lowest BCUT2D eigenvalue weighted by Gasteiger charge is -2.20. The van der Waals surface area contributed by atoms with E-state index in [1.54, 1.807) is 12.1 Å². The first-order chi connectivity index (χ1) is 52.1. The normalized spacial score (nSPS) is 13.2. The summed E-state index contributed by atoms with van der Waals surface area (Å²) in [6.07, 6.45) is 0. The number of carbonyl (C=O) groups excluding carboxylic acids is 2. The smallest absolute Gasteiger partial charge is 0.274 e. The highest BCUT2D eigenvalue weighted by Crippen LogP contribution is 2.46. The number of aromatic nitrogens is 10. The third-order valence-electron chi connectivity index (χ3n) is 21.0. The summed E-state index contributed by atoms with van der Waals surface area (Å²) in [5.41, 5.74) is 18.2. The molecule has 14 nitrogen and oxygen atoms in total. The van der Waals surface area contributed by atoms with Gasteiger partial charge in [0.15, 0.2) is 23.3 Å². The number of rotatable bonds is 10. The third-order valence-corrected chi connectivity index (χ3v) is 21.0. The Balaban J connectivity index is 1.15. The van der Waals surface area contributed by atoms with Crippen LogP contribution in [0, 0.1) is 0 Å². The van der Waals surface area contributed by atoms with Gasteiger partial charge in [0.25, 0.3) is 11.8 Å². The number of nitrogens with one attached hydrogen (secondary N) is 4. The van der Waals surface area contributed by atoms with E-state index in [2.05, 4.69) is 291 Å². The van der Waals surface area contributed by atoms with E-state index in [-0.39, 0.29) is 66.9 Å². The Kier molecular flexibility index (Phi) is 18.3. The summed E-state index contributed by atoms with van der Waals surface area (Å²) >= 11 is 0. The number of aromatic amines is 2. The fraction of sp³-hybridized carbons (Fsp3) is 0.250. The lowest BCUT2D eigenvalue weighted by Crippen LogP contribution is -2.28. The Morgan fingerprint density at radius 1 is 0.255 bits per heavy atom. The van der Waals surface area contributed by atoms with E-state index in [9.17, 15) is 0 Å². The SMILES string of the molecule is CC(C)(C)c1ccc(C2=C(c3ccc(C(C)(C)C)cc3)c3nc2nc2[nH]c(nc4nc(nc5[nH]c(n3)c(-c3ccc(C(C)(C)C)cc3)c5-c3ccc(C(C)(C)C)cc3)C(NC(=O)c3ccc5ccccc5n3)=C4NC(=O)c3ccc4ccccc4n3)c(-c3ccc(C(C)(C)C)cc3)c2-c2ccc(C(C)(C)C)cc2)cc1. The molecule has 2 aliphatic rings. The van der Waals surface area contributed by atoms with Crippen molar-refractivity contribution in [2.24, 2.45) is 0 Å². The zero-order valence-corrected chi connectivity index (χ0v) is 66.2.